The number of nitrogens with one attached hydrogen (secondary N) is 2. The number of Topliss-reactive ketones (excluding diaryl/α,β-unsaturated/α-hetero) is 1. The molecule has 0 aliphatic carbocycles. The average molecular weight is 414 g/mol. The van der Waals surface area contributed by atoms with E-state index in [2.05, 4.69) is 20.3 Å². The Balaban J connectivity index is 1.43. The minimum absolute atomic E-state index is 0.0368. The number of benzene rings is 3. The molecular formula is C23H15FN4O3. The van der Waals surface area contributed by atoms with E-state index in [9.17, 15) is 14.0 Å². The molecule has 0 unspecified atom stereocenters. The van der Waals surface area contributed by atoms with E-state index < -0.39 is 11.9 Å². The summed E-state index contributed by atoms with van der Waals surface area (Å²) < 4.78 is 19.7. The first-order chi connectivity index (χ1) is 15.1. The number of hydrogen-bond donors (Lipinski definition) is 2. The van der Waals surface area contributed by atoms with Crippen molar-refractivity contribution in [2.75, 3.05) is 11.9 Å². The fourth-order valence-electron chi connectivity index (χ4n) is 3.48. The molecule has 0 saturated carbocycles. The summed E-state index contributed by atoms with van der Waals surface area (Å²) in [5, 5.41) is 2.55. The normalized spacial score (nSPS) is 12.9. The van der Waals surface area contributed by atoms with Crippen molar-refractivity contribution in [1.82, 2.24) is 9.97 Å². The number of fused-ring (bicyclic) bond motifs is 2. The van der Waals surface area contributed by atoms with Crippen LogP contribution in [0.1, 0.15) is 21.5 Å². The van der Waals surface area contributed by atoms with Crippen LogP contribution < -0.4 is 10.1 Å². The van der Waals surface area contributed by atoms with Crippen molar-refractivity contribution in [2.45, 2.75) is 0 Å². The molecule has 4 aromatic rings. The number of para-hydroxylation sites is 1. The molecule has 7 nitrogen and oxygen atoms in total. The lowest BCUT2D eigenvalue weighted by molar-refractivity contribution is 0.0999. The molecule has 3 aromatic carbocycles. The molecule has 8 heteroatoms. The Morgan fingerprint density at radius 3 is 2.74 bits per heavy atom. The van der Waals surface area contributed by atoms with E-state index in [1.165, 1.54) is 12.1 Å². The van der Waals surface area contributed by atoms with Crippen LogP contribution in [-0.2, 0) is 0 Å². The van der Waals surface area contributed by atoms with E-state index in [0.717, 1.165) is 0 Å². The van der Waals surface area contributed by atoms with Gasteiger partial charge in [-0.25, -0.2) is 14.2 Å². The van der Waals surface area contributed by atoms with Crippen LogP contribution >= 0.6 is 0 Å². The summed E-state index contributed by atoms with van der Waals surface area (Å²) in [5.74, 6) is -0.103. The second kappa shape index (κ2) is 7.49. The van der Waals surface area contributed by atoms with Crippen molar-refractivity contribution in [1.29, 1.82) is 0 Å². The van der Waals surface area contributed by atoms with Gasteiger partial charge in [0.1, 0.15) is 18.1 Å². The van der Waals surface area contributed by atoms with Gasteiger partial charge in [-0.3, -0.25) is 15.1 Å². The fourth-order valence-corrected chi connectivity index (χ4v) is 3.48. The topological polar surface area (TPSA) is 96.4 Å². The van der Waals surface area contributed by atoms with Gasteiger partial charge in [-0.05, 0) is 30.3 Å². The number of halogens is 1. The summed E-state index contributed by atoms with van der Waals surface area (Å²) in [6, 6.07) is 18.3. The number of ether oxygens (including phenoxy) is 1. The maximum absolute atomic E-state index is 14.5. The number of rotatable bonds is 3. The number of carbonyl (C=O) groups excluding carboxylic acids is 2. The van der Waals surface area contributed by atoms with Crippen molar-refractivity contribution in [3.8, 4) is 5.75 Å². The molecule has 2 heterocycles. The van der Waals surface area contributed by atoms with Gasteiger partial charge in [-0.1, -0.05) is 36.4 Å². The summed E-state index contributed by atoms with van der Waals surface area (Å²) in [7, 11) is 0. The predicted molar refractivity (Wildman–Crippen MR) is 113 cm³/mol. The summed E-state index contributed by atoms with van der Waals surface area (Å²) in [5.41, 5.74) is 2.77. The highest BCUT2D eigenvalue weighted by Gasteiger charge is 2.25. The van der Waals surface area contributed by atoms with Crippen molar-refractivity contribution in [3.63, 3.8) is 0 Å². The van der Waals surface area contributed by atoms with Gasteiger partial charge in [0.15, 0.2) is 5.78 Å². The molecule has 1 aliphatic heterocycles. The van der Waals surface area contributed by atoms with Crippen molar-refractivity contribution in [2.24, 2.45) is 4.99 Å². The third-order valence-corrected chi connectivity index (χ3v) is 4.86. The fraction of sp³-hybridized carbons (Fsp3) is 0.0435. The second-order valence-electron chi connectivity index (χ2n) is 6.90. The number of aromatic nitrogens is 2. The molecule has 0 spiro atoms. The first-order valence-electron chi connectivity index (χ1n) is 9.49. The molecule has 2 N–H and O–H groups in total. The van der Waals surface area contributed by atoms with Gasteiger partial charge in [-0.15, -0.1) is 0 Å². The SMILES string of the molecule is O=C(Nc1nc2ccc(C3=NCC(=O)c4cccc(F)c43)cc2[nH]1)Oc1ccccc1. The van der Waals surface area contributed by atoms with Gasteiger partial charge >= 0.3 is 6.09 Å². The van der Waals surface area contributed by atoms with Gasteiger partial charge in [0.05, 0.1) is 16.7 Å². The third kappa shape index (κ3) is 3.55. The molecule has 1 aliphatic rings. The maximum Gasteiger partial charge on any atom is 0.419 e. The molecule has 0 saturated heterocycles. The second-order valence-corrected chi connectivity index (χ2v) is 6.90. The number of aromatic amines is 1. The third-order valence-electron chi connectivity index (χ3n) is 4.86. The van der Waals surface area contributed by atoms with E-state index in [0.29, 0.717) is 33.6 Å². The van der Waals surface area contributed by atoms with E-state index in [4.69, 9.17) is 4.74 Å². The largest absolute Gasteiger partial charge is 0.419 e. The molecule has 1 aromatic heterocycles. The Bertz CT molecular complexity index is 1360. The molecule has 152 valence electrons. The molecule has 0 bridgehead atoms. The van der Waals surface area contributed by atoms with Crippen LogP contribution in [0.5, 0.6) is 5.75 Å². The number of anilines is 1. The Labute approximate surface area is 175 Å². The first-order valence-corrected chi connectivity index (χ1v) is 9.49. The highest BCUT2D eigenvalue weighted by molar-refractivity contribution is 6.22. The standard InChI is InChI=1S/C23H15FN4O3/c24-16-8-4-7-15-19(29)12-25-21(20(15)16)13-9-10-17-18(11-13)27-22(26-17)28-23(30)31-14-5-2-1-3-6-14/h1-11H,12H2,(H2,26,27,28,30). The van der Waals surface area contributed by atoms with Gasteiger partial charge < -0.3 is 9.72 Å². The number of hydrogen-bond acceptors (Lipinski definition) is 5. The van der Waals surface area contributed by atoms with Crippen LogP contribution in [0.4, 0.5) is 15.1 Å². The Morgan fingerprint density at radius 2 is 1.90 bits per heavy atom. The molecule has 0 atom stereocenters. The Kier molecular flexibility index (Phi) is 4.51. The van der Waals surface area contributed by atoms with Crippen LogP contribution in [-0.4, -0.2) is 34.1 Å². The number of H-pyrrole nitrogens is 1. The molecule has 0 fully saturated rings. The number of carbonyl (C=O) groups is 2. The lowest BCUT2D eigenvalue weighted by Crippen LogP contribution is -2.21. The Morgan fingerprint density at radius 1 is 1.06 bits per heavy atom. The molecule has 0 radical (unpaired) electrons. The lowest BCUT2D eigenvalue weighted by Gasteiger charge is -2.17. The lowest BCUT2D eigenvalue weighted by atomic mass is 9.92. The zero-order valence-electron chi connectivity index (χ0n) is 16.1. The van der Waals surface area contributed by atoms with E-state index in [-0.39, 0.29) is 23.8 Å². The van der Waals surface area contributed by atoms with Crippen LogP contribution in [0.3, 0.4) is 0 Å². The van der Waals surface area contributed by atoms with E-state index in [1.54, 1.807) is 48.5 Å². The number of aliphatic imine (C=N–C) groups is 1. The summed E-state index contributed by atoms with van der Waals surface area (Å²) in [6.07, 6.45) is -0.684. The zero-order valence-corrected chi connectivity index (χ0v) is 16.1. The van der Waals surface area contributed by atoms with Gasteiger partial charge in [-0.2, -0.15) is 0 Å². The molecular weight excluding hydrogens is 399 g/mol. The first kappa shape index (κ1) is 18.7. The smallest absolute Gasteiger partial charge is 0.410 e. The van der Waals surface area contributed by atoms with Crippen LogP contribution in [0, 0.1) is 5.82 Å². The predicted octanol–water partition coefficient (Wildman–Crippen LogP) is 4.35. The highest BCUT2D eigenvalue weighted by atomic mass is 19.1. The monoisotopic (exact) mass is 414 g/mol. The number of imidazole rings is 1. The summed E-state index contributed by atoms with van der Waals surface area (Å²) >= 11 is 0. The van der Waals surface area contributed by atoms with Crippen molar-refractivity contribution >= 4 is 34.6 Å². The zero-order chi connectivity index (χ0) is 21.4. The number of nitrogens with zero attached hydrogens (tertiary/aromatic N) is 2. The highest BCUT2D eigenvalue weighted by Crippen LogP contribution is 2.25. The van der Waals surface area contributed by atoms with Gasteiger partial charge in [0.25, 0.3) is 0 Å². The molecule has 1 amide bonds. The quantitative estimate of drug-likeness (QED) is 0.521. The Hall–Kier alpha value is -4.33. The van der Waals surface area contributed by atoms with E-state index >= 15 is 0 Å². The van der Waals surface area contributed by atoms with Crippen LogP contribution in [0.15, 0.2) is 71.7 Å². The van der Waals surface area contributed by atoms with Crippen molar-refractivity contribution in [3.05, 3.63) is 89.2 Å². The van der Waals surface area contributed by atoms with Crippen molar-refractivity contribution < 1.29 is 18.7 Å². The summed E-state index contributed by atoms with van der Waals surface area (Å²) in [4.78, 5) is 35.8. The molecule has 31 heavy (non-hydrogen) atoms. The van der Waals surface area contributed by atoms with Crippen LogP contribution in [0.2, 0.25) is 0 Å². The van der Waals surface area contributed by atoms with Gasteiger partial charge in [0.2, 0.25) is 5.95 Å². The average Bonchev–Trinajstić information content (AvgIpc) is 3.16. The minimum Gasteiger partial charge on any atom is -0.410 e. The minimum atomic E-state index is -0.684. The number of amides is 1. The maximum atomic E-state index is 14.5. The van der Waals surface area contributed by atoms with E-state index in [1.807, 2.05) is 6.07 Å². The molecule has 5 rings (SSSR count). The number of ketones is 1. The summed E-state index contributed by atoms with van der Waals surface area (Å²) in [6.45, 7) is -0.0368. The van der Waals surface area contributed by atoms with Gasteiger partial charge in [0, 0.05) is 16.7 Å². The van der Waals surface area contributed by atoms with Crippen LogP contribution in [0.25, 0.3) is 11.0 Å².